The van der Waals surface area contributed by atoms with Gasteiger partial charge < -0.3 is 5.11 Å². The molecule has 0 bridgehead atoms. The van der Waals surface area contributed by atoms with Gasteiger partial charge in [-0.25, -0.2) is 4.79 Å². The summed E-state index contributed by atoms with van der Waals surface area (Å²) < 4.78 is 0.930. The van der Waals surface area contributed by atoms with E-state index in [1.807, 2.05) is 84.9 Å². The van der Waals surface area contributed by atoms with Crippen LogP contribution in [0.5, 0.6) is 0 Å². The highest BCUT2D eigenvalue weighted by Crippen LogP contribution is 2.26. The topological polar surface area (TPSA) is 62.5 Å². The van der Waals surface area contributed by atoms with E-state index in [0.29, 0.717) is 5.71 Å². The molecule has 0 saturated heterocycles. The Kier molecular flexibility index (Phi) is 6.00. The van der Waals surface area contributed by atoms with Crippen LogP contribution in [0.1, 0.15) is 16.7 Å². The third-order valence-corrected chi connectivity index (χ3v) is 5.57. The number of fused-ring (bicyclic) bond motifs is 1. The zero-order chi connectivity index (χ0) is 20.9. The molecule has 0 amide bonds. The quantitative estimate of drug-likeness (QED) is 0.386. The number of carboxylic acids is 1. The molecular weight excluding hydrogens is 440 g/mol. The normalized spacial score (nSPS) is 11.8. The van der Waals surface area contributed by atoms with Crippen LogP contribution in [0.25, 0.3) is 10.9 Å². The number of pyridine rings is 1. The molecular formula is C25H19BrN2O2. The molecule has 1 heterocycles. The van der Waals surface area contributed by atoms with E-state index in [-0.39, 0.29) is 6.42 Å². The van der Waals surface area contributed by atoms with Crippen molar-refractivity contribution >= 4 is 38.5 Å². The van der Waals surface area contributed by atoms with Crippen LogP contribution in [0.3, 0.4) is 0 Å². The molecule has 1 aromatic heterocycles. The van der Waals surface area contributed by atoms with Crippen molar-refractivity contribution in [2.75, 3.05) is 0 Å². The Morgan fingerprint density at radius 1 is 0.900 bits per heavy atom. The van der Waals surface area contributed by atoms with E-state index in [1.54, 1.807) is 6.20 Å². The summed E-state index contributed by atoms with van der Waals surface area (Å²) in [5, 5.41) is 10.9. The van der Waals surface area contributed by atoms with Gasteiger partial charge in [0.1, 0.15) is 0 Å². The van der Waals surface area contributed by atoms with Gasteiger partial charge >= 0.3 is 5.97 Å². The van der Waals surface area contributed by atoms with Crippen molar-refractivity contribution in [3.63, 3.8) is 0 Å². The maximum absolute atomic E-state index is 12.2. The first-order valence-corrected chi connectivity index (χ1v) is 10.4. The molecule has 148 valence electrons. The van der Waals surface area contributed by atoms with Gasteiger partial charge in [0.05, 0.1) is 11.2 Å². The second kappa shape index (κ2) is 9.01. The number of nitrogens with zero attached hydrogens (tertiary/aromatic N) is 2. The van der Waals surface area contributed by atoms with Crippen LogP contribution in [-0.4, -0.2) is 27.8 Å². The molecule has 5 heteroatoms. The van der Waals surface area contributed by atoms with E-state index in [1.165, 1.54) is 0 Å². The predicted molar refractivity (Wildman–Crippen MR) is 123 cm³/mol. The van der Waals surface area contributed by atoms with Crippen molar-refractivity contribution in [3.05, 3.63) is 112 Å². The molecule has 30 heavy (non-hydrogen) atoms. The minimum absolute atomic E-state index is 0.249. The van der Waals surface area contributed by atoms with E-state index in [4.69, 9.17) is 4.99 Å². The molecule has 1 unspecified atom stereocenters. The predicted octanol–water partition coefficient (Wildman–Crippen LogP) is 5.53. The lowest BCUT2D eigenvalue weighted by molar-refractivity contribution is -0.138. The first-order chi connectivity index (χ1) is 14.6. The number of benzene rings is 3. The third kappa shape index (κ3) is 4.31. The lowest BCUT2D eigenvalue weighted by Crippen LogP contribution is -2.23. The van der Waals surface area contributed by atoms with Crippen LogP contribution in [0.2, 0.25) is 0 Å². The molecule has 0 aliphatic rings. The monoisotopic (exact) mass is 458 g/mol. The van der Waals surface area contributed by atoms with E-state index in [2.05, 4.69) is 20.9 Å². The van der Waals surface area contributed by atoms with Gasteiger partial charge in [0.15, 0.2) is 6.04 Å². The number of hydrogen-bond donors (Lipinski definition) is 1. The maximum atomic E-state index is 12.2. The molecule has 0 aliphatic heterocycles. The number of rotatable bonds is 6. The number of hydrogen-bond acceptors (Lipinski definition) is 3. The SMILES string of the molecule is O=C(O)C(Cc1ccc(Br)c2cccnc12)N=C(c1ccccc1)c1ccccc1. The number of aliphatic carboxylic acids is 1. The fourth-order valence-electron chi connectivity index (χ4n) is 3.42. The molecule has 4 aromatic rings. The van der Waals surface area contributed by atoms with Crippen LogP contribution in [-0.2, 0) is 11.2 Å². The van der Waals surface area contributed by atoms with Crippen LogP contribution in [0.15, 0.2) is 101 Å². The molecule has 1 N–H and O–H groups in total. The zero-order valence-corrected chi connectivity index (χ0v) is 17.7. The summed E-state index contributed by atoms with van der Waals surface area (Å²) in [4.78, 5) is 21.4. The van der Waals surface area contributed by atoms with Gasteiger partial charge in [-0.05, 0) is 17.7 Å². The van der Waals surface area contributed by atoms with E-state index >= 15 is 0 Å². The molecule has 0 aliphatic carbocycles. The van der Waals surface area contributed by atoms with E-state index < -0.39 is 12.0 Å². The summed E-state index contributed by atoms with van der Waals surface area (Å²) >= 11 is 3.54. The average Bonchev–Trinajstić information content (AvgIpc) is 2.79. The van der Waals surface area contributed by atoms with Gasteiger partial charge in [-0.3, -0.25) is 9.98 Å². The molecule has 0 spiro atoms. The number of aliphatic imine (C=N–C) groups is 1. The summed E-state index contributed by atoms with van der Waals surface area (Å²) in [6.07, 6.45) is 1.97. The van der Waals surface area contributed by atoms with Crippen molar-refractivity contribution in [2.24, 2.45) is 4.99 Å². The van der Waals surface area contributed by atoms with Gasteiger partial charge in [0.25, 0.3) is 0 Å². The number of halogens is 1. The zero-order valence-electron chi connectivity index (χ0n) is 16.1. The maximum Gasteiger partial charge on any atom is 0.328 e. The van der Waals surface area contributed by atoms with Gasteiger partial charge in [-0.1, -0.05) is 88.7 Å². The second-order valence-electron chi connectivity index (χ2n) is 6.87. The lowest BCUT2D eigenvalue weighted by Gasteiger charge is -2.14. The summed E-state index contributed by atoms with van der Waals surface area (Å²) in [5.74, 6) is -0.966. The van der Waals surface area contributed by atoms with Crippen molar-refractivity contribution < 1.29 is 9.90 Å². The molecule has 0 radical (unpaired) electrons. The first kappa shape index (κ1) is 20.0. The lowest BCUT2D eigenvalue weighted by atomic mass is 9.99. The minimum atomic E-state index is -0.966. The smallest absolute Gasteiger partial charge is 0.328 e. The minimum Gasteiger partial charge on any atom is -0.480 e. The van der Waals surface area contributed by atoms with Crippen molar-refractivity contribution in [3.8, 4) is 0 Å². The first-order valence-electron chi connectivity index (χ1n) is 9.57. The highest BCUT2D eigenvalue weighted by atomic mass is 79.9. The van der Waals surface area contributed by atoms with Gasteiger partial charge in [0.2, 0.25) is 0 Å². The molecule has 4 rings (SSSR count). The number of carbonyl (C=O) groups is 1. The Morgan fingerprint density at radius 3 is 2.13 bits per heavy atom. The van der Waals surface area contributed by atoms with Crippen LogP contribution in [0, 0.1) is 0 Å². The molecule has 4 nitrogen and oxygen atoms in total. The van der Waals surface area contributed by atoms with Gasteiger partial charge in [-0.15, -0.1) is 0 Å². The Hall–Kier alpha value is -3.31. The van der Waals surface area contributed by atoms with E-state index in [0.717, 1.165) is 32.1 Å². The fourth-order valence-corrected chi connectivity index (χ4v) is 3.87. The fraction of sp³-hybridized carbons (Fsp3) is 0.0800. The van der Waals surface area contributed by atoms with Crippen molar-refractivity contribution in [1.29, 1.82) is 0 Å². The van der Waals surface area contributed by atoms with Crippen molar-refractivity contribution in [1.82, 2.24) is 4.98 Å². The highest BCUT2D eigenvalue weighted by Gasteiger charge is 2.21. The van der Waals surface area contributed by atoms with E-state index in [9.17, 15) is 9.90 Å². The van der Waals surface area contributed by atoms with Gasteiger partial charge in [-0.2, -0.15) is 0 Å². The number of carboxylic acid groups (broad SMARTS) is 1. The standard InChI is InChI=1S/C25H19BrN2O2/c26-21-14-13-19(24-20(21)12-7-15-27-24)16-22(25(29)30)28-23(17-8-3-1-4-9-17)18-10-5-2-6-11-18/h1-15,22H,16H2,(H,29,30). The molecule has 0 fully saturated rings. The Balaban J connectivity index is 1.80. The highest BCUT2D eigenvalue weighted by molar-refractivity contribution is 9.10. The molecule has 1 atom stereocenters. The summed E-state index contributed by atoms with van der Waals surface area (Å²) in [7, 11) is 0. The molecule has 3 aromatic carbocycles. The van der Waals surface area contributed by atoms with Crippen LogP contribution >= 0.6 is 15.9 Å². The van der Waals surface area contributed by atoms with Gasteiger partial charge in [0, 0.05) is 33.6 Å². The molecule has 0 saturated carbocycles. The largest absolute Gasteiger partial charge is 0.480 e. The Bertz CT molecular complexity index is 1170. The summed E-state index contributed by atoms with van der Waals surface area (Å²) in [6, 6.07) is 26.1. The van der Waals surface area contributed by atoms with Crippen LogP contribution < -0.4 is 0 Å². The van der Waals surface area contributed by atoms with Crippen molar-refractivity contribution in [2.45, 2.75) is 12.5 Å². The summed E-state index contributed by atoms with van der Waals surface area (Å²) in [6.45, 7) is 0. The summed E-state index contributed by atoms with van der Waals surface area (Å²) in [5.41, 5.74) is 4.07. The average molecular weight is 459 g/mol. The van der Waals surface area contributed by atoms with Crippen LogP contribution in [0.4, 0.5) is 0 Å². The third-order valence-electron chi connectivity index (χ3n) is 4.88. The second-order valence-corrected chi connectivity index (χ2v) is 7.73. The Morgan fingerprint density at radius 2 is 1.53 bits per heavy atom. The number of aromatic nitrogens is 1. The Labute approximate surface area is 183 Å².